The van der Waals surface area contributed by atoms with Crippen LogP contribution in [0.1, 0.15) is 115 Å². The Labute approximate surface area is 248 Å². The van der Waals surface area contributed by atoms with Crippen molar-refractivity contribution in [2.75, 3.05) is 33.0 Å². The number of allylic oxidation sites excluding steroid dienone is 1. The first kappa shape index (κ1) is 34.1. The molecule has 0 aliphatic heterocycles. The van der Waals surface area contributed by atoms with Gasteiger partial charge < -0.3 is 23.7 Å². The molecule has 0 atom stereocenters. The molecule has 0 saturated carbocycles. The Morgan fingerprint density at radius 2 is 1.05 bits per heavy atom. The molecule has 0 aliphatic carbocycles. The van der Waals surface area contributed by atoms with Crippen LogP contribution in [-0.4, -0.2) is 38.8 Å². The van der Waals surface area contributed by atoms with Crippen molar-refractivity contribution < 1.29 is 28.5 Å². The lowest BCUT2D eigenvalue weighted by Crippen LogP contribution is -2.10. The smallest absolute Gasteiger partial charge is 0.193 e. The van der Waals surface area contributed by atoms with E-state index in [2.05, 4.69) is 34.6 Å². The van der Waals surface area contributed by atoms with Crippen molar-refractivity contribution >= 4 is 11.9 Å². The van der Waals surface area contributed by atoms with Crippen molar-refractivity contribution in [1.29, 1.82) is 0 Å². The van der Waals surface area contributed by atoms with Crippen LogP contribution in [0.25, 0.3) is 6.08 Å². The molecule has 0 saturated heterocycles. The van der Waals surface area contributed by atoms with Crippen molar-refractivity contribution in [3.8, 4) is 28.7 Å². The minimum atomic E-state index is -0.208. The number of rotatable bonds is 23. The maximum Gasteiger partial charge on any atom is 0.193 e. The number of benzene rings is 2. The maximum atomic E-state index is 13.9. The largest absolute Gasteiger partial charge is 0.494 e. The second-order valence-electron chi connectivity index (χ2n) is 10.2. The van der Waals surface area contributed by atoms with E-state index in [1.807, 2.05) is 30.3 Å². The molecular weight excluding hydrogens is 516 g/mol. The summed E-state index contributed by atoms with van der Waals surface area (Å²) >= 11 is 0. The van der Waals surface area contributed by atoms with Crippen molar-refractivity contribution in [2.24, 2.45) is 0 Å². The van der Waals surface area contributed by atoms with Crippen molar-refractivity contribution in [2.45, 2.75) is 98.8 Å². The van der Waals surface area contributed by atoms with E-state index in [0.717, 1.165) is 81.3 Å². The topological polar surface area (TPSA) is 63.2 Å². The molecule has 0 amide bonds. The lowest BCUT2D eigenvalue weighted by atomic mass is 10.0. The van der Waals surface area contributed by atoms with Crippen molar-refractivity contribution in [3.63, 3.8) is 0 Å². The third-order valence-corrected chi connectivity index (χ3v) is 6.50. The van der Waals surface area contributed by atoms with Crippen LogP contribution in [0.5, 0.6) is 28.7 Å². The molecule has 41 heavy (non-hydrogen) atoms. The summed E-state index contributed by atoms with van der Waals surface area (Å²) < 4.78 is 30.4. The van der Waals surface area contributed by atoms with Crippen LogP contribution in [0.2, 0.25) is 0 Å². The second-order valence-corrected chi connectivity index (χ2v) is 10.2. The van der Waals surface area contributed by atoms with Gasteiger partial charge in [-0.1, -0.05) is 66.7 Å². The van der Waals surface area contributed by atoms with E-state index in [-0.39, 0.29) is 5.78 Å². The number of carbonyl (C=O) groups is 1. The van der Waals surface area contributed by atoms with Gasteiger partial charge in [0.25, 0.3) is 0 Å². The monoisotopic (exact) mass is 568 g/mol. The summed E-state index contributed by atoms with van der Waals surface area (Å²) in [6.45, 7) is 13.5. The van der Waals surface area contributed by atoms with E-state index in [4.69, 9.17) is 23.7 Å². The SMILES string of the molecule is CCCCOc1ccc(OCCCC)c(/C=C\C(=O)c2c(OCCCC)ccc(OCCCC)c2OCCCC)c1. The van der Waals surface area contributed by atoms with Crippen LogP contribution < -0.4 is 23.7 Å². The molecule has 0 bridgehead atoms. The van der Waals surface area contributed by atoms with Crippen LogP contribution in [0, 0.1) is 0 Å². The Morgan fingerprint density at radius 3 is 1.63 bits per heavy atom. The lowest BCUT2D eigenvalue weighted by Gasteiger charge is -2.19. The molecule has 0 unspecified atom stereocenters. The van der Waals surface area contributed by atoms with Gasteiger partial charge >= 0.3 is 0 Å². The normalized spacial score (nSPS) is 11.0. The summed E-state index contributed by atoms with van der Waals surface area (Å²) in [6, 6.07) is 9.46. The van der Waals surface area contributed by atoms with Gasteiger partial charge in [0.2, 0.25) is 0 Å². The summed E-state index contributed by atoms with van der Waals surface area (Å²) in [4.78, 5) is 13.9. The predicted molar refractivity (Wildman–Crippen MR) is 168 cm³/mol. The van der Waals surface area contributed by atoms with E-state index in [1.165, 1.54) is 0 Å². The average molecular weight is 569 g/mol. The van der Waals surface area contributed by atoms with Gasteiger partial charge in [-0.15, -0.1) is 0 Å². The highest BCUT2D eigenvalue weighted by molar-refractivity contribution is 6.11. The standard InChI is InChI=1S/C35H52O6/c1-6-11-22-37-29-17-19-31(38-23-12-7-2)28(27-29)16-18-30(36)34-32(39-24-13-8-3)20-21-33(40-25-14-9-4)35(34)41-26-15-10-5/h16-21,27H,6-15,22-26H2,1-5H3/b18-16-. The van der Waals surface area contributed by atoms with Gasteiger partial charge in [-0.25, -0.2) is 0 Å². The molecule has 0 radical (unpaired) electrons. The van der Waals surface area contributed by atoms with Crippen LogP contribution in [0.3, 0.4) is 0 Å². The molecule has 2 aromatic carbocycles. The van der Waals surface area contributed by atoms with E-state index in [1.54, 1.807) is 12.2 Å². The van der Waals surface area contributed by atoms with Crippen molar-refractivity contribution in [1.82, 2.24) is 0 Å². The highest BCUT2D eigenvalue weighted by Crippen LogP contribution is 2.39. The number of hydrogen-bond donors (Lipinski definition) is 0. The summed E-state index contributed by atoms with van der Waals surface area (Å²) in [5.74, 6) is 2.81. The molecule has 0 aromatic heterocycles. The quantitative estimate of drug-likeness (QED) is 0.0756. The first-order chi connectivity index (χ1) is 20.1. The van der Waals surface area contributed by atoms with Crippen LogP contribution >= 0.6 is 0 Å². The molecule has 0 N–H and O–H groups in total. The minimum Gasteiger partial charge on any atom is -0.494 e. The van der Waals surface area contributed by atoms with Crippen LogP contribution in [0.4, 0.5) is 0 Å². The fourth-order valence-electron chi connectivity index (χ4n) is 3.92. The third kappa shape index (κ3) is 12.1. The first-order valence-electron chi connectivity index (χ1n) is 15.8. The molecule has 2 aromatic rings. The summed E-state index contributed by atoms with van der Waals surface area (Å²) in [5.41, 5.74) is 1.19. The van der Waals surface area contributed by atoms with Gasteiger partial charge in [-0.05, 0) is 74.6 Å². The second kappa shape index (κ2) is 20.7. The minimum absolute atomic E-state index is 0.208. The molecule has 0 heterocycles. The molecule has 0 fully saturated rings. The predicted octanol–water partition coefficient (Wildman–Crippen LogP) is 9.48. The molecule has 6 nitrogen and oxygen atoms in total. The highest BCUT2D eigenvalue weighted by Gasteiger charge is 2.22. The summed E-state index contributed by atoms with van der Waals surface area (Å²) in [6.07, 6.45) is 13.1. The van der Waals surface area contributed by atoms with E-state index >= 15 is 0 Å². The first-order valence-corrected chi connectivity index (χ1v) is 15.8. The summed E-state index contributed by atoms with van der Waals surface area (Å²) in [5, 5.41) is 0. The van der Waals surface area contributed by atoms with E-state index < -0.39 is 0 Å². The Balaban J connectivity index is 2.48. The average Bonchev–Trinajstić information content (AvgIpc) is 2.98. The molecule has 228 valence electrons. The number of unbranched alkanes of at least 4 members (excludes halogenated alkanes) is 5. The van der Waals surface area contributed by atoms with Gasteiger partial charge in [0.1, 0.15) is 22.8 Å². The van der Waals surface area contributed by atoms with E-state index in [9.17, 15) is 4.79 Å². The Bertz CT molecular complexity index is 1050. The van der Waals surface area contributed by atoms with Crippen molar-refractivity contribution in [3.05, 3.63) is 47.5 Å². The zero-order valence-electron chi connectivity index (χ0n) is 26.1. The zero-order chi connectivity index (χ0) is 29.7. The third-order valence-electron chi connectivity index (χ3n) is 6.50. The summed E-state index contributed by atoms with van der Waals surface area (Å²) in [7, 11) is 0. The van der Waals surface area contributed by atoms with Gasteiger partial charge in [-0.3, -0.25) is 4.79 Å². The lowest BCUT2D eigenvalue weighted by molar-refractivity contribution is 0.103. The molecule has 2 rings (SSSR count). The van der Waals surface area contributed by atoms with Gasteiger partial charge in [-0.2, -0.15) is 0 Å². The van der Waals surface area contributed by atoms with E-state index in [0.29, 0.717) is 55.8 Å². The zero-order valence-corrected chi connectivity index (χ0v) is 26.1. The maximum absolute atomic E-state index is 13.9. The molecule has 0 spiro atoms. The van der Waals surface area contributed by atoms with Gasteiger partial charge in [0, 0.05) is 5.56 Å². The number of hydrogen-bond acceptors (Lipinski definition) is 6. The van der Waals surface area contributed by atoms with Gasteiger partial charge in [0.15, 0.2) is 17.3 Å². The highest BCUT2D eigenvalue weighted by atomic mass is 16.5. The molecular formula is C35H52O6. The van der Waals surface area contributed by atoms with Crippen LogP contribution in [-0.2, 0) is 0 Å². The number of ketones is 1. The molecule has 6 heteroatoms. The fraction of sp³-hybridized carbons (Fsp3) is 0.571. The van der Waals surface area contributed by atoms with Gasteiger partial charge in [0.05, 0.1) is 33.0 Å². The number of carbonyl (C=O) groups excluding carboxylic acids is 1. The van der Waals surface area contributed by atoms with Crippen LogP contribution in [0.15, 0.2) is 36.4 Å². The number of ether oxygens (including phenoxy) is 5. The fourth-order valence-corrected chi connectivity index (χ4v) is 3.92. The molecule has 0 aliphatic rings. The Kier molecular flexibility index (Phi) is 17.2. The Morgan fingerprint density at radius 1 is 0.585 bits per heavy atom. The Hall–Kier alpha value is -3.15.